The molecule has 1 heterocycles. The van der Waals surface area contributed by atoms with E-state index in [2.05, 4.69) is 24.5 Å². The first kappa shape index (κ1) is 25.5. The maximum atomic E-state index is 12.8. The van der Waals surface area contributed by atoms with Crippen molar-refractivity contribution in [3.63, 3.8) is 0 Å². The number of hydrogen-bond donors (Lipinski definition) is 2. The molecule has 3 saturated carbocycles. The van der Waals surface area contributed by atoms with E-state index in [9.17, 15) is 19.2 Å². The number of ether oxygens (including phenoxy) is 1. The van der Waals surface area contributed by atoms with E-state index in [0.717, 1.165) is 57.8 Å². The number of carbonyl (C=O) groups excluding carboxylic acids is 4. The highest BCUT2D eigenvalue weighted by Crippen LogP contribution is 2.65. The average Bonchev–Trinajstić information content (AvgIpc) is 3.04. The summed E-state index contributed by atoms with van der Waals surface area (Å²) < 4.78 is 6.04. The minimum atomic E-state index is -0.504. The molecule has 1 aliphatic heterocycles. The second-order valence-electron chi connectivity index (χ2n) is 12.5. The topological polar surface area (TPSA) is 102 Å². The quantitative estimate of drug-likeness (QED) is 0.558. The molecule has 0 unspecified atom stereocenters. The van der Waals surface area contributed by atoms with Crippen LogP contribution in [0.4, 0.5) is 0 Å². The third-order valence-electron chi connectivity index (χ3n) is 10.6. The molecule has 36 heavy (non-hydrogen) atoms. The second-order valence-corrected chi connectivity index (χ2v) is 12.5. The summed E-state index contributed by atoms with van der Waals surface area (Å²) in [6, 6.07) is -0.504. The monoisotopic (exact) mass is 498 g/mol. The Bertz CT molecular complexity index is 959. The van der Waals surface area contributed by atoms with Gasteiger partial charge >= 0.3 is 5.97 Å². The molecule has 2 amide bonds. The van der Waals surface area contributed by atoms with Crippen molar-refractivity contribution < 1.29 is 23.9 Å². The molecule has 0 aromatic rings. The number of esters is 1. The number of fused-ring (bicyclic) bond motifs is 5. The van der Waals surface area contributed by atoms with Crippen LogP contribution in [-0.4, -0.2) is 42.3 Å². The fourth-order valence-corrected chi connectivity index (χ4v) is 8.48. The van der Waals surface area contributed by atoms with Crippen LogP contribution in [0.1, 0.15) is 97.3 Å². The lowest BCUT2D eigenvalue weighted by atomic mass is 9.47. The average molecular weight is 499 g/mol. The molecule has 198 valence electrons. The van der Waals surface area contributed by atoms with Gasteiger partial charge in [0.2, 0.25) is 11.8 Å². The highest BCUT2D eigenvalue weighted by molar-refractivity contribution is 5.91. The Kier molecular flexibility index (Phi) is 7.03. The zero-order chi connectivity index (χ0) is 25.5. The van der Waals surface area contributed by atoms with Gasteiger partial charge in [0.25, 0.3) is 0 Å². The molecule has 7 heteroatoms. The zero-order valence-corrected chi connectivity index (χ0v) is 21.9. The standard InChI is InChI=1S/C29H42N2O5/c1-28-14-12-19(32)17-18(28)6-7-20-21-8-9-24(29(21,2)15-13-22(20)28)36-26(34)11-10-25(33)31-23-5-3-4-16-30-27(23)35/h17,20-24H,3-16H2,1-2H3,(H,30,35)(H,31,33)/t20-,21-,22-,23+,24-,28-,29-/m0/s1. The molecule has 1 saturated heterocycles. The molecular weight excluding hydrogens is 456 g/mol. The normalized spacial score (nSPS) is 40.1. The van der Waals surface area contributed by atoms with Crippen molar-refractivity contribution in [1.29, 1.82) is 0 Å². The summed E-state index contributed by atoms with van der Waals surface area (Å²) in [6.45, 7) is 5.35. The van der Waals surface area contributed by atoms with Crippen LogP contribution < -0.4 is 10.6 Å². The van der Waals surface area contributed by atoms with Crippen LogP contribution in [0.3, 0.4) is 0 Å². The van der Waals surface area contributed by atoms with Crippen molar-refractivity contribution in [1.82, 2.24) is 10.6 Å². The molecule has 5 rings (SSSR count). The summed E-state index contributed by atoms with van der Waals surface area (Å²) in [5.74, 6) is 1.36. The van der Waals surface area contributed by atoms with Gasteiger partial charge in [0.15, 0.2) is 5.78 Å². The van der Waals surface area contributed by atoms with Gasteiger partial charge in [-0.05, 0) is 93.5 Å². The van der Waals surface area contributed by atoms with Gasteiger partial charge in [0, 0.05) is 24.8 Å². The highest BCUT2D eigenvalue weighted by atomic mass is 16.5. The minimum Gasteiger partial charge on any atom is -0.462 e. The SMILES string of the molecule is C[C@]12CC[C@H]3[C@@H](CCC4=CC(=O)CC[C@@]43C)[C@@H]1CC[C@@H]2OC(=O)CCC(=O)N[C@@H]1CCCCNC1=O. The van der Waals surface area contributed by atoms with Gasteiger partial charge < -0.3 is 15.4 Å². The molecule has 0 radical (unpaired) electrons. The molecule has 2 N–H and O–H groups in total. The fraction of sp³-hybridized carbons (Fsp3) is 0.793. The Morgan fingerprint density at radius 3 is 2.67 bits per heavy atom. The molecule has 7 nitrogen and oxygen atoms in total. The van der Waals surface area contributed by atoms with Crippen molar-refractivity contribution >= 4 is 23.6 Å². The van der Waals surface area contributed by atoms with Crippen molar-refractivity contribution in [2.24, 2.45) is 28.6 Å². The van der Waals surface area contributed by atoms with Crippen molar-refractivity contribution in [3.05, 3.63) is 11.6 Å². The van der Waals surface area contributed by atoms with E-state index in [1.807, 2.05) is 6.08 Å². The van der Waals surface area contributed by atoms with Gasteiger partial charge in [-0.2, -0.15) is 0 Å². The van der Waals surface area contributed by atoms with E-state index in [4.69, 9.17) is 4.74 Å². The van der Waals surface area contributed by atoms with Crippen LogP contribution in [0.2, 0.25) is 0 Å². The summed E-state index contributed by atoms with van der Waals surface area (Å²) in [4.78, 5) is 49.3. The third kappa shape index (κ3) is 4.63. The molecule has 0 spiro atoms. The number of amides is 2. The molecule has 4 aliphatic carbocycles. The van der Waals surface area contributed by atoms with Crippen LogP contribution >= 0.6 is 0 Å². The van der Waals surface area contributed by atoms with Crippen LogP contribution in [0, 0.1) is 28.6 Å². The van der Waals surface area contributed by atoms with E-state index in [1.54, 1.807) is 0 Å². The Morgan fingerprint density at radius 2 is 1.83 bits per heavy atom. The summed E-state index contributed by atoms with van der Waals surface area (Å²) >= 11 is 0. The Labute approximate surface area is 214 Å². The number of allylic oxidation sites excluding steroid dienone is 1. The number of carbonyl (C=O) groups is 4. The number of nitrogens with one attached hydrogen (secondary N) is 2. The number of ketones is 1. The summed E-state index contributed by atoms with van der Waals surface area (Å²) in [5, 5.41) is 5.61. The van der Waals surface area contributed by atoms with E-state index in [-0.39, 0.29) is 47.6 Å². The van der Waals surface area contributed by atoms with Crippen LogP contribution in [0.25, 0.3) is 0 Å². The summed E-state index contributed by atoms with van der Waals surface area (Å²) in [5.41, 5.74) is 1.51. The fourth-order valence-electron chi connectivity index (χ4n) is 8.48. The Balaban J connectivity index is 1.16. The lowest BCUT2D eigenvalue weighted by Crippen LogP contribution is -2.51. The van der Waals surface area contributed by atoms with Gasteiger partial charge in [-0.25, -0.2) is 0 Å². The van der Waals surface area contributed by atoms with Crippen LogP contribution in [0.15, 0.2) is 11.6 Å². The lowest BCUT2D eigenvalue weighted by Gasteiger charge is -2.57. The number of rotatable bonds is 5. The third-order valence-corrected chi connectivity index (χ3v) is 10.6. The minimum absolute atomic E-state index is 0.0143. The van der Waals surface area contributed by atoms with Gasteiger partial charge in [-0.1, -0.05) is 19.4 Å². The van der Waals surface area contributed by atoms with Crippen LogP contribution in [0.5, 0.6) is 0 Å². The van der Waals surface area contributed by atoms with E-state index in [1.165, 1.54) is 5.57 Å². The first-order valence-corrected chi connectivity index (χ1v) is 14.2. The first-order valence-electron chi connectivity index (χ1n) is 14.2. The van der Waals surface area contributed by atoms with E-state index < -0.39 is 6.04 Å². The lowest BCUT2D eigenvalue weighted by molar-refractivity contribution is -0.160. The molecule has 4 fully saturated rings. The Hall–Kier alpha value is -2.18. The maximum Gasteiger partial charge on any atom is 0.306 e. The molecule has 5 aliphatic rings. The summed E-state index contributed by atoms with van der Waals surface area (Å²) in [6.07, 6.45) is 12.4. The molecule has 0 aromatic heterocycles. The zero-order valence-electron chi connectivity index (χ0n) is 21.9. The predicted molar refractivity (Wildman–Crippen MR) is 135 cm³/mol. The van der Waals surface area contributed by atoms with Crippen molar-refractivity contribution in [2.75, 3.05) is 6.54 Å². The van der Waals surface area contributed by atoms with Crippen LogP contribution in [-0.2, 0) is 23.9 Å². The van der Waals surface area contributed by atoms with Gasteiger partial charge in [0.05, 0.1) is 6.42 Å². The smallest absolute Gasteiger partial charge is 0.306 e. The largest absolute Gasteiger partial charge is 0.462 e. The van der Waals surface area contributed by atoms with Gasteiger partial charge in [-0.15, -0.1) is 0 Å². The maximum absolute atomic E-state index is 12.8. The number of hydrogen-bond acceptors (Lipinski definition) is 5. The van der Waals surface area contributed by atoms with E-state index in [0.29, 0.717) is 42.9 Å². The summed E-state index contributed by atoms with van der Waals surface area (Å²) in [7, 11) is 0. The highest BCUT2D eigenvalue weighted by Gasteiger charge is 2.59. The Morgan fingerprint density at radius 1 is 1.00 bits per heavy atom. The molecular formula is C29H42N2O5. The second kappa shape index (κ2) is 9.94. The molecule has 0 aromatic carbocycles. The first-order chi connectivity index (χ1) is 17.2. The van der Waals surface area contributed by atoms with E-state index >= 15 is 0 Å². The van der Waals surface area contributed by atoms with Crippen molar-refractivity contribution in [3.8, 4) is 0 Å². The predicted octanol–water partition coefficient (Wildman–Crippen LogP) is 4.00. The van der Waals surface area contributed by atoms with Gasteiger partial charge in [-0.3, -0.25) is 19.2 Å². The van der Waals surface area contributed by atoms with Crippen molar-refractivity contribution in [2.45, 2.75) is 109 Å². The molecule has 7 atom stereocenters. The van der Waals surface area contributed by atoms with Gasteiger partial charge in [0.1, 0.15) is 12.1 Å². The molecule has 0 bridgehead atoms.